The van der Waals surface area contributed by atoms with Crippen LogP contribution in [0, 0.1) is 0 Å². The summed E-state index contributed by atoms with van der Waals surface area (Å²) in [5, 5.41) is 70.6. The third-order valence-electron chi connectivity index (χ3n) is 11.3. The molecule has 0 bridgehead atoms. The van der Waals surface area contributed by atoms with Crippen LogP contribution < -0.4 is 39.7 Å². The van der Waals surface area contributed by atoms with Crippen LogP contribution in [-0.4, -0.2) is 172 Å². The van der Waals surface area contributed by atoms with Crippen LogP contribution in [0.25, 0.3) is 21.8 Å². The lowest BCUT2D eigenvalue weighted by Crippen LogP contribution is -2.68. The summed E-state index contributed by atoms with van der Waals surface area (Å²) in [5.41, 5.74) is 39.0. The molecule has 3 saturated heterocycles. The van der Waals surface area contributed by atoms with Gasteiger partial charge in [-0.3, -0.25) is 0 Å². The van der Waals surface area contributed by atoms with Crippen molar-refractivity contribution < 1.29 is 59.1 Å². The zero-order valence-electron chi connectivity index (χ0n) is 30.5. The number of benzene rings is 2. The average molecular weight is 791 g/mol. The molecule has 19 N–H and O–H groups in total. The highest BCUT2D eigenvalue weighted by molar-refractivity contribution is 6.07. The van der Waals surface area contributed by atoms with Crippen molar-refractivity contribution in [3.05, 3.63) is 48.5 Å². The first-order chi connectivity index (χ1) is 26.8. The summed E-state index contributed by atoms with van der Waals surface area (Å²) in [6, 6.07) is 10.9. The van der Waals surface area contributed by atoms with Crippen LogP contribution in [0.3, 0.4) is 0 Å². The SMILES string of the molecule is NC[C@@H]1O[C@H](O[C@H]2[C@@H](O)[C@H](O[C@@H]3[C@@H](O)[C@H](N)C[C@H](N)[C@H]3O[C@H]3O[C@H](CN)[C@@H](O)[C@H](O)[C@H]3N)O[C@@H]2CNc2c3ccccc3nc3ccccc23)[C@H](N)[C@@H](O)[C@@H]1O. The predicted molar refractivity (Wildman–Crippen MR) is 199 cm³/mol. The topological polar surface area (TPSA) is 358 Å². The van der Waals surface area contributed by atoms with Crippen molar-refractivity contribution in [3.63, 3.8) is 0 Å². The third kappa shape index (κ3) is 7.85. The molecular formula is C36H54N8O12. The number of ether oxygens (including phenoxy) is 6. The van der Waals surface area contributed by atoms with E-state index in [1.165, 1.54) is 0 Å². The van der Waals surface area contributed by atoms with Crippen LogP contribution in [0.1, 0.15) is 6.42 Å². The van der Waals surface area contributed by atoms with Crippen LogP contribution in [0.4, 0.5) is 5.69 Å². The van der Waals surface area contributed by atoms with E-state index in [9.17, 15) is 30.6 Å². The number of aliphatic hydroxyl groups is 6. The first-order valence-electron chi connectivity index (χ1n) is 18.8. The molecule has 0 unspecified atom stereocenters. The summed E-state index contributed by atoms with van der Waals surface area (Å²) in [7, 11) is 0. The van der Waals surface area contributed by atoms with Gasteiger partial charge in [0.1, 0.15) is 67.1 Å². The highest BCUT2D eigenvalue weighted by Gasteiger charge is 2.54. The van der Waals surface area contributed by atoms with E-state index in [2.05, 4.69) is 5.32 Å². The number of nitrogens with one attached hydrogen (secondary N) is 1. The van der Waals surface area contributed by atoms with E-state index in [4.69, 9.17) is 67.8 Å². The van der Waals surface area contributed by atoms with E-state index in [1.54, 1.807) is 0 Å². The van der Waals surface area contributed by atoms with E-state index in [0.717, 1.165) is 27.5 Å². The van der Waals surface area contributed by atoms with Gasteiger partial charge in [-0.25, -0.2) is 4.98 Å². The quantitative estimate of drug-likeness (QED) is 0.0808. The number of nitrogens with two attached hydrogens (primary N) is 6. The lowest BCUT2D eigenvalue weighted by Gasteiger charge is -2.47. The van der Waals surface area contributed by atoms with Gasteiger partial charge in [-0.2, -0.15) is 0 Å². The zero-order valence-corrected chi connectivity index (χ0v) is 30.5. The van der Waals surface area contributed by atoms with Crippen LogP contribution >= 0.6 is 0 Å². The molecule has 7 rings (SSSR count). The number of nitrogens with zero attached hydrogens (tertiary/aromatic N) is 1. The van der Waals surface area contributed by atoms with Crippen molar-refractivity contribution in [1.29, 1.82) is 0 Å². The molecule has 56 heavy (non-hydrogen) atoms. The van der Waals surface area contributed by atoms with Gasteiger partial charge in [0.15, 0.2) is 18.9 Å². The van der Waals surface area contributed by atoms with Crippen molar-refractivity contribution in [2.45, 2.75) is 123 Å². The fraction of sp³-hybridized carbons (Fsp3) is 0.639. The van der Waals surface area contributed by atoms with Crippen LogP contribution in [0.5, 0.6) is 0 Å². The molecule has 2 aromatic carbocycles. The molecule has 4 aliphatic rings. The molecule has 4 heterocycles. The number of aliphatic hydroxyl groups excluding tert-OH is 6. The first-order valence-corrected chi connectivity index (χ1v) is 18.8. The van der Waals surface area contributed by atoms with E-state index in [0.29, 0.717) is 0 Å². The van der Waals surface area contributed by atoms with E-state index >= 15 is 0 Å². The Hall–Kier alpha value is -2.81. The Morgan fingerprint density at radius 1 is 0.571 bits per heavy atom. The second kappa shape index (κ2) is 17.2. The summed E-state index contributed by atoms with van der Waals surface area (Å²) < 4.78 is 36.8. The van der Waals surface area contributed by atoms with Gasteiger partial charge in [0.05, 0.1) is 34.9 Å². The number of anilines is 1. The fourth-order valence-electron chi connectivity index (χ4n) is 7.99. The van der Waals surface area contributed by atoms with Crippen molar-refractivity contribution in [2.75, 3.05) is 25.0 Å². The number of rotatable bonds is 11. The minimum Gasteiger partial charge on any atom is -0.389 e. The molecule has 1 saturated carbocycles. The molecule has 4 fully saturated rings. The van der Waals surface area contributed by atoms with Gasteiger partial charge in [-0.1, -0.05) is 36.4 Å². The smallest absolute Gasteiger partial charge is 0.187 e. The Bertz CT molecular complexity index is 1730. The lowest BCUT2D eigenvalue weighted by atomic mass is 9.84. The maximum Gasteiger partial charge on any atom is 0.187 e. The molecule has 310 valence electrons. The second-order valence-corrected chi connectivity index (χ2v) is 15.0. The monoisotopic (exact) mass is 790 g/mol. The van der Waals surface area contributed by atoms with Gasteiger partial charge in [-0.15, -0.1) is 0 Å². The largest absolute Gasteiger partial charge is 0.389 e. The highest BCUT2D eigenvalue weighted by atomic mass is 16.8. The number of hydrogen-bond acceptors (Lipinski definition) is 20. The van der Waals surface area contributed by atoms with Crippen molar-refractivity contribution >= 4 is 27.5 Å². The summed E-state index contributed by atoms with van der Waals surface area (Å²) >= 11 is 0. The molecule has 3 aromatic rings. The molecular weight excluding hydrogens is 736 g/mol. The number of hydrogen-bond donors (Lipinski definition) is 13. The van der Waals surface area contributed by atoms with Crippen LogP contribution in [0.2, 0.25) is 0 Å². The fourth-order valence-corrected chi connectivity index (χ4v) is 7.99. The standard InChI is InChI=1S/C36H54N8O12/c37-10-19-26(46)28(48)22(41)34(51-19)54-31-16(40)9-15(39)25(45)33(31)56-36-30(50)32(55-35-23(42)29(49)27(47)20(11-38)52-35)21(53-36)12-43-24-13-5-1-3-7-17(13)44-18-8-4-2-6-14(18)24/h1-8,15-16,19-23,25-36,45-50H,9-12,37-42H2,(H,43,44)/t15-,16+,19-,20+,21-,22-,23-,25+,26-,27-,28-,29-,30-,31-,32-,33-,34-,35-,36+/m1/s1. The Morgan fingerprint density at radius 2 is 1.05 bits per heavy atom. The van der Waals surface area contributed by atoms with Gasteiger partial charge >= 0.3 is 0 Å². The number of aromatic nitrogens is 1. The molecule has 0 amide bonds. The van der Waals surface area contributed by atoms with Gasteiger partial charge in [0.25, 0.3) is 0 Å². The molecule has 1 aliphatic carbocycles. The summed E-state index contributed by atoms with van der Waals surface area (Å²) in [6.45, 7) is -0.300. The van der Waals surface area contributed by atoms with Gasteiger partial charge in [0, 0.05) is 42.5 Å². The highest BCUT2D eigenvalue weighted by Crippen LogP contribution is 2.36. The normalized spacial score (nSPS) is 43.3. The maximum absolute atomic E-state index is 11.9. The van der Waals surface area contributed by atoms with Crippen molar-refractivity contribution in [1.82, 2.24) is 4.98 Å². The lowest BCUT2D eigenvalue weighted by molar-refractivity contribution is -0.306. The summed E-state index contributed by atoms with van der Waals surface area (Å²) in [4.78, 5) is 4.78. The van der Waals surface area contributed by atoms with E-state index in [1.807, 2.05) is 48.5 Å². The van der Waals surface area contributed by atoms with E-state index in [-0.39, 0.29) is 26.1 Å². The number of fused-ring (bicyclic) bond motifs is 2. The van der Waals surface area contributed by atoms with Crippen LogP contribution in [-0.2, 0) is 28.4 Å². The molecule has 19 atom stereocenters. The minimum absolute atomic E-state index is 0.0185. The van der Waals surface area contributed by atoms with Crippen molar-refractivity contribution in [2.24, 2.45) is 34.4 Å². The Kier molecular flexibility index (Phi) is 12.7. The zero-order chi connectivity index (χ0) is 40.0. The second-order valence-electron chi connectivity index (χ2n) is 15.0. The number of pyridine rings is 1. The molecule has 1 aromatic heterocycles. The maximum atomic E-state index is 11.9. The van der Waals surface area contributed by atoms with Gasteiger partial charge in [-0.05, 0) is 18.6 Å². The summed E-state index contributed by atoms with van der Waals surface area (Å²) in [5.74, 6) is 0. The van der Waals surface area contributed by atoms with Gasteiger partial charge < -0.3 is 98.8 Å². The first kappa shape index (κ1) is 41.4. The van der Waals surface area contributed by atoms with Crippen molar-refractivity contribution in [3.8, 4) is 0 Å². The Balaban J connectivity index is 1.17. The predicted octanol–water partition coefficient (Wildman–Crippen LogP) is -5.07. The third-order valence-corrected chi connectivity index (χ3v) is 11.3. The molecule has 20 heteroatoms. The Morgan fingerprint density at radius 3 is 1.59 bits per heavy atom. The molecule has 0 spiro atoms. The van der Waals surface area contributed by atoms with Gasteiger partial charge in [0.2, 0.25) is 0 Å². The number of para-hydroxylation sites is 2. The molecule has 20 nitrogen and oxygen atoms in total. The molecule has 3 aliphatic heterocycles. The van der Waals surface area contributed by atoms with E-state index < -0.39 is 116 Å². The Labute approximate surface area is 321 Å². The van der Waals surface area contributed by atoms with Crippen LogP contribution in [0.15, 0.2) is 48.5 Å². The average Bonchev–Trinajstić information content (AvgIpc) is 3.49. The summed E-state index contributed by atoms with van der Waals surface area (Å²) in [6.07, 6.45) is -19.6. The minimum atomic E-state index is -1.59. The molecule has 0 radical (unpaired) electrons.